The van der Waals surface area contributed by atoms with E-state index in [9.17, 15) is 9.59 Å². The van der Waals surface area contributed by atoms with E-state index < -0.39 is 0 Å². The Morgan fingerprint density at radius 2 is 1.64 bits per heavy atom. The van der Waals surface area contributed by atoms with Gasteiger partial charge in [-0.2, -0.15) is 0 Å². The molecule has 0 aliphatic carbocycles. The zero-order valence-corrected chi connectivity index (χ0v) is 16.7. The molecule has 0 fully saturated rings. The van der Waals surface area contributed by atoms with Crippen LogP contribution in [0.5, 0.6) is 5.75 Å². The number of ether oxygens (including phenoxy) is 2. The molecule has 0 atom stereocenters. The van der Waals surface area contributed by atoms with Gasteiger partial charge in [0, 0.05) is 38.4 Å². The van der Waals surface area contributed by atoms with E-state index in [4.69, 9.17) is 9.47 Å². The molecule has 2 aromatic rings. The lowest BCUT2D eigenvalue weighted by Crippen LogP contribution is -2.21. The molecular weight excluding hydrogens is 356 g/mol. The number of benzene rings is 2. The molecule has 2 rings (SSSR count). The Balaban J connectivity index is 1.84. The minimum absolute atomic E-state index is 0.0997. The van der Waals surface area contributed by atoms with Crippen LogP contribution in [-0.4, -0.2) is 50.6 Å². The van der Waals surface area contributed by atoms with Gasteiger partial charge in [0.15, 0.2) is 0 Å². The van der Waals surface area contributed by atoms with E-state index >= 15 is 0 Å². The Kier molecular flexibility index (Phi) is 8.49. The Hall–Kier alpha value is -2.86. The second-order valence-corrected chi connectivity index (χ2v) is 6.51. The molecule has 0 radical (unpaired) electrons. The van der Waals surface area contributed by atoms with Crippen molar-refractivity contribution >= 4 is 17.5 Å². The van der Waals surface area contributed by atoms with Gasteiger partial charge in [-0.1, -0.05) is 12.1 Å². The van der Waals surface area contributed by atoms with Gasteiger partial charge in [-0.25, -0.2) is 0 Å². The topological polar surface area (TPSA) is 67.9 Å². The fourth-order valence-corrected chi connectivity index (χ4v) is 2.50. The van der Waals surface area contributed by atoms with Gasteiger partial charge >= 0.3 is 0 Å². The summed E-state index contributed by atoms with van der Waals surface area (Å²) in [5.41, 5.74) is 2.32. The summed E-state index contributed by atoms with van der Waals surface area (Å²) in [6.45, 7) is 3.62. The number of amides is 2. The third-order valence-electron chi connectivity index (χ3n) is 4.16. The van der Waals surface area contributed by atoms with Crippen LogP contribution in [0.25, 0.3) is 0 Å². The van der Waals surface area contributed by atoms with Crippen LogP contribution < -0.4 is 10.1 Å². The smallest absolute Gasteiger partial charge is 0.255 e. The molecule has 2 aromatic carbocycles. The Morgan fingerprint density at radius 1 is 0.964 bits per heavy atom. The van der Waals surface area contributed by atoms with E-state index in [-0.39, 0.29) is 11.8 Å². The van der Waals surface area contributed by atoms with Gasteiger partial charge in [0.05, 0.1) is 6.61 Å². The number of rotatable bonds is 10. The molecule has 0 heterocycles. The van der Waals surface area contributed by atoms with Gasteiger partial charge in [0.25, 0.3) is 5.91 Å². The number of anilines is 1. The van der Waals surface area contributed by atoms with Crippen molar-refractivity contribution in [3.05, 3.63) is 59.7 Å². The molecule has 0 aliphatic heterocycles. The van der Waals surface area contributed by atoms with Gasteiger partial charge in [0.1, 0.15) is 12.4 Å². The monoisotopic (exact) mass is 384 g/mol. The van der Waals surface area contributed by atoms with Crippen LogP contribution >= 0.6 is 0 Å². The number of carbonyl (C=O) groups excluding carboxylic acids is 2. The molecule has 0 aliphatic rings. The predicted octanol–water partition coefficient (Wildman–Crippen LogP) is 3.38. The SMILES string of the molecule is CCOCCOc1ccc(C(=O)Nc2ccc(CCC(=O)N(C)C)cc2)cc1. The van der Waals surface area contributed by atoms with Crippen LogP contribution in [-0.2, 0) is 16.0 Å². The summed E-state index contributed by atoms with van der Waals surface area (Å²) >= 11 is 0. The highest BCUT2D eigenvalue weighted by molar-refractivity contribution is 6.04. The summed E-state index contributed by atoms with van der Waals surface area (Å²) in [6.07, 6.45) is 1.15. The quantitative estimate of drug-likeness (QED) is 0.638. The molecule has 6 nitrogen and oxygen atoms in total. The van der Waals surface area contributed by atoms with Gasteiger partial charge in [-0.3, -0.25) is 9.59 Å². The van der Waals surface area contributed by atoms with Crippen molar-refractivity contribution in [2.45, 2.75) is 19.8 Å². The van der Waals surface area contributed by atoms with Crippen molar-refractivity contribution in [3.8, 4) is 5.75 Å². The van der Waals surface area contributed by atoms with Crippen molar-refractivity contribution < 1.29 is 19.1 Å². The lowest BCUT2D eigenvalue weighted by molar-refractivity contribution is -0.128. The van der Waals surface area contributed by atoms with Crippen molar-refractivity contribution in [2.24, 2.45) is 0 Å². The van der Waals surface area contributed by atoms with Crippen molar-refractivity contribution in [3.63, 3.8) is 0 Å². The van der Waals surface area contributed by atoms with E-state index in [1.807, 2.05) is 31.2 Å². The average molecular weight is 384 g/mol. The summed E-state index contributed by atoms with van der Waals surface area (Å²) in [4.78, 5) is 25.6. The first kappa shape index (κ1) is 21.4. The fraction of sp³-hybridized carbons (Fsp3) is 0.364. The number of nitrogens with one attached hydrogen (secondary N) is 1. The Bertz CT molecular complexity index is 755. The fourth-order valence-electron chi connectivity index (χ4n) is 2.50. The van der Waals surface area contributed by atoms with Crippen LogP contribution in [0, 0.1) is 0 Å². The largest absolute Gasteiger partial charge is 0.491 e. The van der Waals surface area contributed by atoms with E-state index in [2.05, 4.69) is 5.32 Å². The Labute approximate surface area is 166 Å². The molecule has 150 valence electrons. The first-order chi connectivity index (χ1) is 13.5. The van der Waals surface area contributed by atoms with Gasteiger partial charge in [-0.15, -0.1) is 0 Å². The second-order valence-electron chi connectivity index (χ2n) is 6.51. The van der Waals surface area contributed by atoms with Gasteiger partial charge < -0.3 is 19.7 Å². The highest BCUT2D eigenvalue weighted by Gasteiger charge is 2.08. The van der Waals surface area contributed by atoms with Crippen LogP contribution in [0.1, 0.15) is 29.3 Å². The predicted molar refractivity (Wildman–Crippen MR) is 110 cm³/mol. The minimum Gasteiger partial charge on any atom is -0.491 e. The van der Waals surface area contributed by atoms with Crippen LogP contribution in [0.4, 0.5) is 5.69 Å². The first-order valence-electron chi connectivity index (χ1n) is 9.40. The lowest BCUT2D eigenvalue weighted by Gasteiger charge is -2.10. The number of hydrogen-bond donors (Lipinski definition) is 1. The Morgan fingerprint density at radius 3 is 2.25 bits per heavy atom. The minimum atomic E-state index is -0.184. The highest BCUT2D eigenvalue weighted by Crippen LogP contribution is 2.15. The number of nitrogens with zero attached hydrogens (tertiary/aromatic N) is 1. The van der Waals surface area contributed by atoms with Gasteiger partial charge in [-0.05, 0) is 55.3 Å². The molecule has 2 amide bonds. The van der Waals surface area contributed by atoms with Crippen molar-refractivity contribution in [1.82, 2.24) is 4.90 Å². The van der Waals surface area contributed by atoms with Crippen LogP contribution in [0.3, 0.4) is 0 Å². The summed E-state index contributed by atoms with van der Waals surface area (Å²) in [7, 11) is 3.50. The third kappa shape index (κ3) is 7.04. The van der Waals surface area contributed by atoms with E-state index in [0.29, 0.717) is 49.7 Å². The van der Waals surface area contributed by atoms with Crippen LogP contribution in [0.15, 0.2) is 48.5 Å². The maximum absolute atomic E-state index is 12.4. The zero-order chi connectivity index (χ0) is 20.4. The number of carbonyl (C=O) groups is 2. The molecule has 0 unspecified atom stereocenters. The summed E-state index contributed by atoms with van der Waals surface area (Å²) in [5.74, 6) is 0.618. The molecule has 28 heavy (non-hydrogen) atoms. The third-order valence-corrected chi connectivity index (χ3v) is 4.16. The molecule has 0 saturated heterocycles. The molecule has 1 N–H and O–H groups in total. The van der Waals surface area contributed by atoms with Crippen molar-refractivity contribution in [1.29, 1.82) is 0 Å². The summed E-state index contributed by atoms with van der Waals surface area (Å²) in [6, 6.07) is 14.5. The second kappa shape index (κ2) is 11.1. The first-order valence-corrected chi connectivity index (χ1v) is 9.40. The van der Waals surface area contributed by atoms with Gasteiger partial charge in [0.2, 0.25) is 5.91 Å². The van der Waals surface area contributed by atoms with Crippen LogP contribution in [0.2, 0.25) is 0 Å². The molecule has 0 spiro atoms. The molecule has 0 bridgehead atoms. The average Bonchev–Trinajstić information content (AvgIpc) is 2.70. The number of hydrogen-bond acceptors (Lipinski definition) is 4. The summed E-state index contributed by atoms with van der Waals surface area (Å²) in [5, 5.41) is 2.87. The number of aryl methyl sites for hydroxylation is 1. The maximum atomic E-state index is 12.4. The highest BCUT2D eigenvalue weighted by atomic mass is 16.5. The lowest BCUT2D eigenvalue weighted by atomic mass is 10.1. The normalized spacial score (nSPS) is 10.4. The standard InChI is InChI=1S/C22H28N2O4/c1-4-27-15-16-28-20-12-8-18(9-13-20)22(26)23-19-10-5-17(6-11-19)7-14-21(25)24(2)3/h5-6,8-13H,4,7,14-16H2,1-3H3,(H,23,26). The molecule has 0 saturated carbocycles. The molecular formula is C22H28N2O4. The maximum Gasteiger partial charge on any atom is 0.255 e. The van der Waals surface area contributed by atoms with E-state index in [1.165, 1.54) is 0 Å². The van der Waals surface area contributed by atoms with E-state index in [0.717, 1.165) is 5.56 Å². The molecule has 0 aromatic heterocycles. The molecule has 6 heteroatoms. The summed E-state index contributed by atoms with van der Waals surface area (Å²) < 4.78 is 10.8. The van der Waals surface area contributed by atoms with Crippen molar-refractivity contribution in [2.75, 3.05) is 39.2 Å². The zero-order valence-electron chi connectivity index (χ0n) is 16.7. The van der Waals surface area contributed by atoms with E-state index in [1.54, 1.807) is 43.3 Å².